The van der Waals surface area contributed by atoms with E-state index in [-0.39, 0.29) is 12.0 Å². The number of carbonyl (C=O) groups excluding carboxylic acids is 1. The van der Waals surface area contributed by atoms with Crippen LogP contribution in [0.15, 0.2) is 0 Å². The highest BCUT2D eigenvalue weighted by Crippen LogP contribution is 2.24. The summed E-state index contributed by atoms with van der Waals surface area (Å²) in [4.78, 5) is 14.4. The van der Waals surface area contributed by atoms with Gasteiger partial charge >= 0.3 is 0 Å². The van der Waals surface area contributed by atoms with Gasteiger partial charge in [0, 0.05) is 37.9 Å². The lowest BCUT2D eigenvalue weighted by atomic mass is 10.1. The smallest absolute Gasteiger partial charge is 0.224 e. The molecule has 0 aromatic rings. The summed E-state index contributed by atoms with van der Waals surface area (Å²) in [6, 6.07) is 0.434. The molecule has 104 valence electrons. The number of thioether (sulfide) groups is 1. The summed E-state index contributed by atoms with van der Waals surface area (Å²) < 4.78 is 5.68. The molecule has 0 aliphatic carbocycles. The largest absolute Gasteiger partial charge is 0.376 e. The Labute approximate surface area is 114 Å². The van der Waals surface area contributed by atoms with Gasteiger partial charge in [-0.15, -0.1) is 0 Å². The van der Waals surface area contributed by atoms with E-state index in [9.17, 15) is 4.79 Å². The maximum Gasteiger partial charge on any atom is 0.224 e. The van der Waals surface area contributed by atoms with Crippen molar-refractivity contribution in [1.29, 1.82) is 0 Å². The molecule has 0 aromatic carbocycles. The Morgan fingerprint density at radius 1 is 1.50 bits per heavy atom. The molecule has 2 heterocycles. The van der Waals surface area contributed by atoms with Crippen LogP contribution >= 0.6 is 11.8 Å². The molecule has 2 aliphatic rings. The summed E-state index contributed by atoms with van der Waals surface area (Å²) >= 11 is 1.96. The number of nitrogens with one attached hydrogen (secondary N) is 1. The number of carbonyl (C=O) groups is 1. The van der Waals surface area contributed by atoms with Crippen LogP contribution in [-0.4, -0.2) is 61.2 Å². The van der Waals surface area contributed by atoms with Crippen molar-refractivity contribution in [3.63, 3.8) is 0 Å². The lowest BCUT2D eigenvalue weighted by molar-refractivity contribution is -0.134. The van der Waals surface area contributed by atoms with E-state index in [1.54, 1.807) is 0 Å². The number of rotatable bonds is 6. The Kier molecular flexibility index (Phi) is 5.79. The first-order chi connectivity index (χ1) is 8.81. The third-order valence-corrected chi connectivity index (χ3v) is 4.82. The van der Waals surface area contributed by atoms with Crippen molar-refractivity contribution in [2.24, 2.45) is 0 Å². The zero-order chi connectivity index (χ0) is 12.8. The molecule has 0 spiro atoms. The lowest BCUT2D eigenvalue weighted by Gasteiger charge is -2.30. The Morgan fingerprint density at radius 3 is 3.00 bits per heavy atom. The number of nitrogens with zero attached hydrogens (tertiary/aromatic N) is 1. The Morgan fingerprint density at radius 2 is 2.39 bits per heavy atom. The van der Waals surface area contributed by atoms with Gasteiger partial charge in [-0.3, -0.25) is 4.79 Å². The van der Waals surface area contributed by atoms with Gasteiger partial charge in [0.25, 0.3) is 0 Å². The van der Waals surface area contributed by atoms with Crippen LogP contribution in [0.2, 0.25) is 0 Å². The first-order valence-corrected chi connectivity index (χ1v) is 8.10. The van der Waals surface area contributed by atoms with Crippen molar-refractivity contribution in [3.05, 3.63) is 0 Å². The Balaban J connectivity index is 1.90. The van der Waals surface area contributed by atoms with E-state index in [4.69, 9.17) is 4.74 Å². The third-order valence-electron chi connectivity index (χ3n) is 3.68. The molecule has 0 bridgehead atoms. The molecule has 0 radical (unpaired) electrons. The molecule has 2 atom stereocenters. The maximum absolute atomic E-state index is 12.3. The van der Waals surface area contributed by atoms with Crippen molar-refractivity contribution < 1.29 is 9.53 Å². The first kappa shape index (κ1) is 14.2. The molecule has 1 N–H and O–H groups in total. The van der Waals surface area contributed by atoms with Crippen LogP contribution in [0.1, 0.15) is 25.7 Å². The summed E-state index contributed by atoms with van der Waals surface area (Å²) in [7, 11) is 1.89. The zero-order valence-corrected chi connectivity index (χ0v) is 12.0. The lowest BCUT2D eigenvalue weighted by Crippen LogP contribution is -2.45. The summed E-state index contributed by atoms with van der Waals surface area (Å²) in [6.45, 7) is 2.43. The van der Waals surface area contributed by atoms with Crippen LogP contribution in [0, 0.1) is 0 Å². The molecule has 2 aliphatic heterocycles. The van der Waals surface area contributed by atoms with Crippen LogP contribution in [0.5, 0.6) is 0 Å². The van der Waals surface area contributed by atoms with Crippen LogP contribution in [0.3, 0.4) is 0 Å². The maximum atomic E-state index is 12.3. The SMILES string of the molecule is CNCCC(=O)N(CC1CCCO1)C1CCSC1. The molecular weight excluding hydrogens is 248 g/mol. The standard InChI is InChI=1S/C13H24N2O2S/c1-14-6-4-13(16)15(11-5-8-18-10-11)9-12-3-2-7-17-12/h11-12,14H,2-10H2,1H3. The Hall–Kier alpha value is -0.260. The molecule has 18 heavy (non-hydrogen) atoms. The summed E-state index contributed by atoms with van der Waals surface area (Å²) in [5.74, 6) is 2.57. The quantitative estimate of drug-likeness (QED) is 0.786. The van der Waals surface area contributed by atoms with Crippen molar-refractivity contribution in [3.8, 4) is 0 Å². The highest BCUT2D eigenvalue weighted by atomic mass is 32.2. The Bertz CT molecular complexity index is 264. The minimum atomic E-state index is 0.272. The molecule has 2 saturated heterocycles. The van der Waals surface area contributed by atoms with E-state index in [1.165, 1.54) is 5.75 Å². The second kappa shape index (κ2) is 7.36. The summed E-state index contributed by atoms with van der Waals surface area (Å²) in [5.41, 5.74) is 0. The molecule has 0 saturated carbocycles. The average Bonchev–Trinajstić information content (AvgIpc) is 3.05. The topological polar surface area (TPSA) is 41.6 Å². The van der Waals surface area contributed by atoms with E-state index in [1.807, 2.05) is 18.8 Å². The van der Waals surface area contributed by atoms with Gasteiger partial charge in [-0.1, -0.05) is 0 Å². The van der Waals surface area contributed by atoms with Crippen molar-refractivity contribution in [2.45, 2.75) is 37.8 Å². The van der Waals surface area contributed by atoms with Gasteiger partial charge in [0.2, 0.25) is 5.91 Å². The zero-order valence-electron chi connectivity index (χ0n) is 11.2. The minimum Gasteiger partial charge on any atom is -0.376 e. The van der Waals surface area contributed by atoms with E-state index in [2.05, 4.69) is 10.2 Å². The number of hydrogen-bond donors (Lipinski definition) is 1. The molecule has 2 unspecified atom stereocenters. The van der Waals surface area contributed by atoms with Gasteiger partial charge in [-0.2, -0.15) is 11.8 Å². The number of ether oxygens (including phenoxy) is 1. The molecule has 5 heteroatoms. The van der Waals surface area contributed by atoms with E-state index in [0.29, 0.717) is 12.5 Å². The minimum absolute atomic E-state index is 0.272. The van der Waals surface area contributed by atoms with E-state index < -0.39 is 0 Å². The normalized spacial score (nSPS) is 27.6. The third kappa shape index (κ3) is 3.87. The van der Waals surface area contributed by atoms with Gasteiger partial charge in [0.1, 0.15) is 0 Å². The molecule has 2 rings (SSSR count). The van der Waals surface area contributed by atoms with E-state index >= 15 is 0 Å². The molecule has 2 fully saturated rings. The fraction of sp³-hybridized carbons (Fsp3) is 0.923. The number of hydrogen-bond acceptors (Lipinski definition) is 4. The van der Waals surface area contributed by atoms with Crippen LogP contribution in [0.4, 0.5) is 0 Å². The van der Waals surface area contributed by atoms with Crippen LogP contribution < -0.4 is 5.32 Å². The van der Waals surface area contributed by atoms with Gasteiger partial charge in [-0.25, -0.2) is 0 Å². The fourth-order valence-electron chi connectivity index (χ4n) is 2.61. The first-order valence-electron chi connectivity index (χ1n) is 6.94. The predicted octanol–water partition coefficient (Wildman–Crippen LogP) is 1.11. The highest BCUT2D eigenvalue weighted by molar-refractivity contribution is 7.99. The van der Waals surface area contributed by atoms with Crippen LogP contribution in [0.25, 0.3) is 0 Å². The number of amides is 1. The van der Waals surface area contributed by atoms with Crippen molar-refractivity contribution in [2.75, 3.05) is 38.2 Å². The molecular formula is C13H24N2O2S. The average molecular weight is 272 g/mol. The summed E-state index contributed by atoms with van der Waals surface area (Å²) in [6.07, 6.45) is 4.26. The van der Waals surface area contributed by atoms with Gasteiger partial charge in [-0.05, 0) is 32.1 Å². The molecule has 1 amide bonds. The van der Waals surface area contributed by atoms with Gasteiger partial charge in [0.15, 0.2) is 0 Å². The predicted molar refractivity (Wildman–Crippen MR) is 75.0 cm³/mol. The van der Waals surface area contributed by atoms with Crippen molar-refractivity contribution >= 4 is 17.7 Å². The fourth-order valence-corrected chi connectivity index (χ4v) is 3.83. The molecule has 0 aromatic heterocycles. The molecule has 4 nitrogen and oxygen atoms in total. The van der Waals surface area contributed by atoms with Gasteiger partial charge < -0.3 is 15.0 Å². The summed E-state index contributed by atoms with van der Waals surface area (Å²) in [5, 5.41) is 3.05. The van der Waals surface area contributed by atoms with E-state index in [0.717, 1.165) is 44.7 Å². The van der Waals surface area contributed by atoms with Gasteiger partial charge in [0.05, 0.1) is 6.10 Å². The van der Waals surface area contributed by atoms with Crippen molar-refractivity contribution in [1.82, 2.24) is 10.2 Å². The second-order valence-corrected chi connectivity index (χ2v) is 6.20. The monoisotopic (exact) mass is 272 g/mol. The second-order valence-electron chi connectivity index (χ2n) is 5.05. The van der Waals surface area contributed by atoms with Crippen LogP contribution in [-0.2, 0) is 9.53 Å². The highest BCUT2D eigenvalue weighted by Gasteiger charge is 2.30.